The van der Waals surface area contributed by atoms with Crippen LogP contribution >= 0.6 is 0 Å². The lowest BCUT2D eigenvalue weighted by atomic mass is 10.1. The number of aliphatic hydroxyl groups excluding tert-OH is 15. The van der Waals surface area contributed by atoms with Crippen molar-refractivity contribution in [3.8, 4) is 17.2 Å². The largest absolute Gasteiger partial charge is 0.497 e. The van der Waals surface area contributed by atoms with Crippen LogP contribution in [-0.4, -0.2) is 294 Å². The second-order valence-corrected chi connectivity index (χ2v) is 33.4. The number of nitrogens with zero attached hydrogens (tertiary/aromatic N) is 15. The average molecular weight is 1990 g/mol. The first-order chi connectivity index (χ1) is 68.7. The standard InChI is InChI=1S/3C18H19N3O8.2C18H19N3O7/c1-27-9-2-3-12-10(6-9)11(19-29-12)7-21-14(23)4-5-20(18(21)26)17-16(25)15(24)13(8-22)28-17;1-27-9-2-3-10-11(19-29-12(10)6-9)7-21-14(23)4-5-20(18(21)26)17-16(25)15(24)13(8-22)28-17;1-27-10-3-2-4-11-14(10)9(19-29-11)7-21-13(23)5-6-20(18(21)26)17-16(25)15(24)12(8-22)28-17;1-9-2-3-10-11(19-28-12(10)6-9)7-21-14(23)4-5-20(18(21)26)17-16(25)15(24)13(8-22)27-17;1-9-3-2-4-10-11(19-28-16(9)10)7-21-13(23)5-6-20(18(21)26)17-15(25)14(24)12(8-22)27-17/h2*2-6,13,15-17,22,24-25H,7-8H2,1H3;2-6,12,15-17,22,24-25H,7-8H2,1H3;2-6,13,15-17,22,24-25H,7-8H2,1H3;2-6,12,14-15,17,22,24-25H,7-8H2,1H3/t2*13-,15+,16?,17-;12-,15+,16?,17-;13-,15+,16?,17-;12-,14+,15?,17-/m11111/s1. The fourth-order valence-corrected chi connectivity index (χ4v) is 16.8. The molecule has 5 saturated heterocycles. The Hall–Kier alpha value is -14.6. The fraction of sp³-hybridized carbons (Fsp3) is 0.389. The molecule has 143 heavy (non-hydrogen) atoms. The van der Waals surface area contributed by atoms with Gasteiger partial charge >= 0.3 is 28.4 Å². The zero-order valence-corrected chi connectivity index (χ0v) is 75.9. The second-order valence-electron chi connectivity index (χ2n) is 33.4. The van der Waals surface area contributed by atoms with Crippen molar-refractivity contribution in [1.29, 1.82) is 0 Å². The minimum absolute atomic E-state index is 0.135. The lowest BCUT2D eigenvalue weighted by Crippen LogP contribution is -2.43. The molecule has 5 aliphatic rings. The molecule has 0 amide bonds. The van der Waals surface area contributed by atoms with Crippen LogP contribution in [0.3, 0.4) is 0 Å². The highest BCUT2D eigenvalue weighted by atomic mass is 16.6. The maximum atomic E-state index is 12.9. The fourth-order valence-electron chi connectivity index (χ4n) is 16.8. The Morgan fingerprint density at radius 3 is 0.965 bits per heavy atom. The first-order valence-electron chi connectivity index (χ1n) is 43.8. The highest BCUT2D eigenvalue weighted by molar-refractivity contribution is 5.87. The summed E-state index contributed by atoms with van der Waals surface area (Å²) in [4.78, 5) is 126. The van der Waals surface area contributed by atoms with Crippen LogP contribution in [-0.2, 0) is 56.4 Å². The molecule has 20 atom stereocenters. The molecule has 5 unspecified atom stereocenters. The zero-order valence-electron chi connectivity index (χ0n) is 75.9. The van der Waals surface area contributed by atoms with E-state index in [1.54, 1.807) is 72.8 Å². The van der Waals surface area contributed by atoms with Crippen molar-refractivity contribution < 1.29 is 137 Å². The average Bonchev–Trinajstić information content (AvgIpc) is 1.67. The van der Waals surface area contributed by atoms with Gasteiger partial charge < -0.3 is 137 Å². The van der Waals surface area contributed by atoms with Crippen LogP contribution in [0.2, 0.25) is 0 Å². The monoisotopic (exact) mass is 1990 g/mol. The topological polar surface area (TPSA) is 727 Å². The molecule has 5 aromatic carbocycles. The summed E-state index contributed by atoms with van der Waals surface area (Å²) in [7, 11) is 4.51. The molecule has 53 heteroatoms. The van der Waals surface area contributed by atoms with Crippen LogP contribution in [0.15, 0.2) is 223 Å². The molecule has 15 aromatic rings. The van der Waals surface area contributed by atoms with Crippen molar-refractivity contribution >= 4 is 54.8 Å². The van der Waals surface area contributed by atoms with Crippen LogP contribution in [0.25, 0.3) is 54.8 Å². The van der Waals surface area contributed by atoms with Crippen LogP contribution < -0.4 is 70.5 Å². The van der Waals surface area contributed by atoms with E-state index in [-0.39, 0.29) is 32.7 Å². The van der Waals surface area contributed by atoms with Crippen LogP contribution in [0.1, 0.15) is 70.7 Å². The molecule has 0 spiro atoms. The van der Waals surface area contributed by atoms with E-state index in [4.69, 9.17) is 60.5 Å². The van der Waals surface area contributed by atoms with Gasteiger partial charge in [-0.2, -0.15) is 0 Å². The Morgan fingerprint density at radius 2 is 0.601 bits per heavy atom. The van der Waals surface area contributed by atoms with E-state index in [2.05, 4.69) is 25.8 Å². The summed E-state index contributed by atoms with van der Waals surface area (Å²) >= 11 is 0. The Kier molecular flexibility index (Phi) is 30.3. The Labute approximate surface area is 797 Å². The molecule has 15 N–H and O–H groups in total. The number of aromatic nitrogens is 15. The quantitative estimate of drug-likeness (QED) is 0.0284. The highest BCUT2D eigenvalue weighted by Crippen LogP contribution is 2.36. The lowest BCUT2D eigenvalue weighted by molar-refractivity contribution is -0.0555. The summed E-state index contributed by atoms with van der Waals surface area (Å²) in [6.07, 6.45) is -19.6. The Balaban J connectivity index is 0.000000128. The van der Waals surface area contributed by atoms with Gasteiger partial charge in [-0.3, -0.25) is 69.6 Å². The van der Waals surface area contributed by atoms with Gasteiger partial charge in [0, 0.05) is 83.5 Å². The highest BCUT2D eigenvalue weighted by Gasteiger charge is 2.49. The van der Waals surface area contributed by atoms with Gasteiger partial charge in [0.1, 0.15) is 137 Å². The normalized spacial score (nSPS) is 24.5. The predicted molar refractivity (Wildman–Crippen MR) is 485 cm³/mol. The van der Waals surface area contributed by atoms with E-state index in [1.165, 1.54) is 52.3 Å². The summed E-state index contributed by atoms with van der Waals surface area (Å²) in [6, 6.07) is 31.9. The van der Waals surface area contributed by atoms with Gasteiger partial charge in [-0.25, -0.2) is 24.0 Å². The predicted octanol–water partition coefficient (Wildman–Crippen LogP) is -5.30. The zero-order chi connectivity index (χ0) is 102. The van der Waals surface area contributed by atoms with Crippen molar-refractivity contribution in [2.75, 3.05) is 54.4 Å². The molecule has 0 bridgehead atoms. The molecule has 53 nitrogen and oxygen atoms in total. The number of rotatable bonds is 23. The molecule has 5 aliphatic heterocycles. The van der Waals surface area contributed by atoms with Crippen LogP contribution in [0.4, 0.5) is 0 Å². The first-order valence-corrected chi connectivity index (χ1v) is 43.8. The number of benzene rings is 5. The Bertz CT molecular complexity index is 7810. The number of hydrogen-bond acceptors (Lipinski definition) is 43. The Morgan fingerprint density at radius 1 is 0.294 bits per heavy atom. The van der Waals surface area contributed by atoms with Crippen molar-refractivity contribution in [3.63, 3.8) is 0 Å². The van der Waals surface area contributed by atoms with Crippen LogP contribution in [0, 0.1) is 13.8 Å². The summed E-state index contributed by atoms with van der Waals surface area (Å²) < 4.78 is 78.4. The van der Waals surface area contributed by atoms with Gasteiger partial charge in [-0.15, -0.1) is 0 Å². The van der Waals surface area contributed by atoms with Crippen molar-refractivity contribution in [2.24, 2.45) is 0 Å². The number of methoxy groups -OCH3 is 3. The van der Waals surface area contributed by atoms with Crippen molar-refractivity contribution in [2.45, 2.75) is 169 Å². The molecule has 758 valence electrons. The van der Waals surface area contributed by atoms with Gasteiger partial charge in [-0.1, -0.05) is 50.0 Å². The molecule has 20 rings (SSSR count). The van der Waals surface area contributed by atoms with E-state index < -0.39 is 212 Å². The molecule has 0 saturated carbocycles. The molecule has 0 radical (unpaired) electrons. The summed E-state index contributed by atoms with van der Waals surface area (Å²) in [6.45, 7) is 0.291. The lowest BCUT2D eigenvalue weighted by Gasteiger charge is -2.18. The van der Waals surface area contributed by atoms with E-state index in [9.17, 15) is 125 Å². The number of aliphatic hydroxyl groups is 15. The molecule has 0 aliphatic carbocycles. The number of ether oxygens (including phenoxy) is 8. The minimum Gasteiger partial charge on any atom is -0.497 e. The smallest absolute Gasteiger partial charge is 0.333 e. The van der Waals surface area contributed by atoms with Crippen LogP contribution in [0.5, 0.6) is 17.2 Å². The van der Waals surface area contributed by atoms with E-state index in [1.807, 2.05) is 32.0 Å². The molecule has 10 aromatic heterocycles. The van der Waals surface area contributed by atoms with Gasteiger partial charge in [0.2, 0.25) is 0 Å². The van der Waals surface area contributed by atoms with Crippen molar-refractivity contribution in [1.82, 2.24) is 71.5 Å². The van der Waals surface area contributed by atoms with E-state index in [0.29, 0.717) is 101 Å². The van der Waals surface area contributed by atoms with E-state index >= 15 is 0 Å². The number of para-hydroxylation sites is 1. The van der Waals surface area contributed by atoms with Gasteiger partial charge in [-0.05, 0) is 85.6 Å². The molecule has 15 heterocycles. The third kappa shape index (κ3) is 19.8. The third-order valence-electron chi connectivity index (χ3n) is 24.7. The maximum Gasteiger partial charge on any atom is 0.333 e. The molecular weight excluding hydrogens is 1900 g/mol. The van der Waals surface area contributed by atoms with E-state index in [0.717, 1.165) is 87.1 Å². The second kappa shape index (κ2) is 42.7. The molecule has 5 fully saturated rings. The maximum absolute atomic E-state index is 12.9. The number of aryl methyl sites for hydroxylation is 2. The van der Waals surface area contributed by atoms with Crippen molar-refractivity contribution in [3.05, 3.63) is 296 Å². The summed E-state index contributed by atoms with van der Waals surface area (Å²) in [5.74, 6) is 1.61. The minimum atomic E-state index is -1.45. The SMILES string of the molecule is COc1ccc2c(Cn3c(=O)ccn([C@@H]4O[C@H](CO)[C@H](O)C4O)c3=O)noc2c1.COc1ccc2onc(Cn3c(=O)ccn([C@@H]4O[C@H](CO)[C@H](O)C4O)c3=O)c2c1.COc1cccc2onc(Cn3c(=O)ccn([C@@H]4O[C@H](CO)[C@H](O)C4O)c3=O)c12.Cc1ccc2c(Cn3c(=O)ccn([C@@H]4O[C@H](CO)[C@H](O)C4O)c3=O)noc2c1.Cc1cccc2c(Cn3c(=O)ccn([C@@H]4O[C@H](CO)[C@H](O)C4O)c3=O)noc12. The third-order valence-corrected chi connectivity index (χ3v) is 24.7. The number of fused-ring (bicyclic) bond motifs is 5. The summed E-state index contributed by atoms with van der Waals surface area (Å²) in [5, 5.41) is 169. The van der Waals surface area contributed by atoms with Gasteiger partial charge in [0.05, 0.1) is 97.9 Å². The first kappa shape index (κ1) is 101. The molecular formula is C90H95N15O38. The van der Waals surface area contributed by atoms with Gasteiger partial charge in [0.25, 0.3) is 27.8 Å². The van der Waals surface area contributed by atoms with Gasteiger partial charge in [0.15, 0.2) is 59.1 Å². The number of hydrogen-bond donors (Lipinski definition) is 15. The summed E-state index contributed by atoms with van der Waals surface area (Å²) in [5.41, 5.74) is -0.520.